The highest BCUT2D eigenvalue weighted by Crippen LogP contribution is 2.01. The number of morpholine rings is 1. The minimum atomic E-state index is 0.354. The van der Waals surface area contributed by atoms with E-state index >= 15 is 0 Å². The van der Waals surface area contributed by atoms with Crippen LogP contribution >= 0.6 is 0 Å². The van der Waals surface area contributed by atoms with Crippen molar-refractivity contribution in [3.05, 3.63) is 18.0 Å². The summed E-state index contributed by atoms with van der Waals surface area (Å²) in [4.78, 5) is 11.0. The van der Waals surface area contributed by atoms with Crippen LogP contribution in [0.5, 0.6) is 0 Å². The first kappa shape index (κ1) is 15.2. The fourth-order valence-corrected chi connectivity index (χ4v) is 2.07. The van der Waals surface area contributed by atoms with Gasteiger partial charge < -0.3 is 15.4 Å². The Morgan fingerprint density at radius 1 is 1.25 bits per heavy atom. The monoisotopic (exact) mass is 279 g/mol. The molecule has 0 spiro atoms. The van der Waals surface area contributed by atoms with E-state index in [9.17, 15) is 0 Å². The predicted octanol–water partition coefficient (Wildman–Crippen LogP) is 0.719. The molecule has 6 nitrogen and oxygen atoms in total. The number of nitrogens with zero attached hydrogens (tertiary/aromatic N) is 3. The summed E-state index contributed by atoms with van der Waals surface area (Å²) in [6, 6.07) is 0.354. The van der Waals surface area contributed by atoms with Crippen LogP contribution in [0, 0.1) is 0 Å². The number of ether oxygens (including phenoxy) is 1. The van der Waals surface area contributed by atoms with Crippen LogP contribution in [-0.4, -0.2) is 60.3 Å². The maximum Gasteiger partial charge on any atom is 0.222 e. The highest BCUT2D eigenvalue weighted by atomic mass is 16.5. The number of nitrogens with one attached hydrogen (secondary N) is 2. The Morgan fingerprint density at radius 3 is 2.60 bits per heavy atom. The lowest BCUT2D eigenvalue weighted by Crippen LogP contribution is -2.40. The molecule has 0 aliphatic carbocycles. The SMILES string of the molecule is CC(C)Nc1ncc(CNCCN2CCOCC2)cn1. The molecule has 1 aliphatic rings. The van der Waals surface area contributed by atoms with Crippen LogP contribution in [0.15, 0.2) is 12.4 Å². The highest BCUT2D eigenvalue weighted by molar-refractivity contribution is 5.25. The van der Waals surface area contributed by atoms with E-state index in [1.165, 1.54) is 0 Å². The van der Waals surface area contributed by atoms with Crippen LogP contribution in [0.2, 0.25) is 0 Å². The lowest BCUT2D eigenvalue weighted by molar-refractivity contribution is 0.0384. The first-order valence-electron chi connectivity index (χ1n) is 7.32. The van der Waals surface area contributed by atoms with Gasteiger partial charge in [-0.15, -0.1) is 0 Å². The summed E-state index contributed by atoms with van der Waals surface area (Å²) in [5, 5.41) is 6.61. The summed E-state index contributed by atoms with van der Waals surface area (Å²) in [7, 11) is 0. The summed E-state index contributed by atoms with van der Waals surface area (Å²) in [5.74, 6) is 0.692. The zero-order chi connectivity index (χ0) is 14.2. The van der Waals surface area contributed by atoms with Crippen LogP contribution in [0.25, 0.3) is 0 Å². The van der Waals surface area contributed by atoms with E-state index in [0.717, 1.165) is 51.5 Å². The van der Waals surface area contributed by atoms with Gasteiger partial charge in [-0.1, -0.05) is 0 Å². The van der Waals surface area contributed by atoms with E-state index in [0.29, 0.717) is 12.0 Å². The fraction of sp³-hybridized carbons (Fsp3) is 0.714. The molecule has 0 aromatic carbocycles. The molecule has 2 N–H and O–H groups in total. The summed E-state index contributed by atoms with van der Waals surface area (Å²) in [6.45, 7) is 10.8. The topological polar surface area (TPSA) is 62.3 Å². The molecule has 1 aromatic rings. The van der Waals surface area contributed by atoms with Crippen molar-refractivity contribution < 1.29 is 4.74 Å². The molecule has 0 saturated carbocycles. The Bertz CT molecular complexity index is 376. The summed E-state index contributed by atoms with van der Waals surface area (Å²) >= 11 is 0. The molecular formula is C14H25N5O. The van der Waals surface area contributed by atoms with E-state index in [2.05, 4.69) is 39.3 Å². The van der Waals surface area contributed by atoms with Crippen LogP contribution in [0.4, 0.5) is 5.95 Å². The molecule has 1 aromatic heterocycles. The molecule has 1 fully saturated rings. The standard InChI is InChI=1S/C14H25N5O/c1-12(2)18-14-16-10-13(11-17-14)9-15-3-4-19-5-7-20-8-6-19/h10-12,15H,3-9H2,1-2H3,(H,16,17,18). The first-order valence-corrected chi connectivity index (χ1v) is 7.32. The molecule has 1 saturated heterocycles. The van der Waals surface area contributed by atoms with Gasteiger partial charge in [-0.05, 0) is 13.8 Å². The van der Waals surface area contributed by atoms with E-state index in [1.807, 2.05) is 12.4 Å². The van der Waals surface area contributed by atoms with Gasteiger partial charge in [-0.25, -0.2) is 9.97 Å². The number of rotatable bonds is 7. The lowest BCUT2D eigenvalue weighted by atomic mass is 10.3. The van der Waals surface area contributed by atoms with Crippen molar-refractivity contribution in [2.75, 3.05) is 44.7 Å². The number of hydrogen-bond donors (Lipinski definition) is 2. The van der Waals surface area contributed by atoms with Gasteiger partial charge in [-0.2, -0.15) is 0 Å². The van der Waals surface area contributed by atoms with Gasteiger partial charge in [0.15, 0.2) is 0 Å². The normalized spacial score (nSPS) is 16.6. The van der Waals surface area contributed by atoms with Crippen LogP contribution in [0.3, 0.4) is 0 Å². The van der Waals surface area contributed by atoms with Crippen LogP contribution in [-0.2, 0) is 11.3 Å². The van der Waals surface area contributed by atoms with Crippen LogP contribution in [0.1, 0.15) is 19.4 Å². The Kier molecular flexibility index (Phi) is 6.17. The van der Waals surface area contributed by atoms with Crippen LogP contribution < -0.4 is 10.6 Å². The minimum absolute atomic E-state index is 0.354. The lowest BCUT2D eigenvalue weighted by Gasteiger charge is -2.26. The molecule has 112 valence electrons. The second-order valence-corrected chi connectivity index (χ2v) is 5.34. The van der Waals surface area contributed by atoms with E-state index < -0.39 is 0 Å². The van der Waals surface area contributed by atoms with Gasteiger partial charge in [-0.3, -0.25) is 4.90 Å². The third kappa shape index (κ3) is 5.40. The minimum Gasteiger partial charge on any atom is -0.379 e. The zero-order valence-electron chi connectivity index (χ0n) is 12.4. The first-order chi connectivity index (χ1) is 9.74. The van der Waals surface area contributed by atoms with E-state index in [1.54, 1.807) is 0 Å². The molecule has 0 bridgehead atoms. The Balaban J connectivity index is 1.63. The molecule has 2 rings (SSSR count). The van der Waals surface area contributed by atoms with Gasteiger partial charge >= 0.3 is 0 Å². The third-order valence-corrected chi connectivity index (χ3v) is 3.16. The predicted molar refractivity (Wildman–Crippen MR) is 79.8 cm³/mol. The Hall–Kier alpha value is -1.24. The highest BCUT2D eigenvalue weighted by Gasteiger charge is 2.08. The molecular weight excluding hydrogens is 254 g/mol. The summed E-state index contributed by atoms with van der Waals surface area (Å²) < 4.78 is 5.33. The maximum absolute atomic E-state index is 5.33. The number of aromatic nitrogens is 2. The largest absolute Gasteiger partial charge is 0.379 e. The van der Waals surface area contributed by atoms with Crippen molar-refractivity contribution in [2.24, 2.45) is 0 Å². The van der Waals surface area contributed by atoms with Crippen molar-refractivity contribution in [2.45, 2.75) is 26.4 Å². The molecule has 0 radical (unpaired) electrons. The van der Waals surface area contributed by atoms with Crippen molar-refractivity contribution in [1.29, 1.82) is 0 Å². The maximum atomic E-state index is 5.33. The number of anilines is 1. The molecule has 0 atom stereocenters. The Morgan fingerprint density at radius 2 is 1.95 bits per heavy atom. The molecule has 0 amide bonds. The van der Waals surface area contributed by atoms with Crippen molar-refractivity contribution in [3.8, 4) is 0 Å². The third-order valence-electron chi connectivity index (χ3n) is 3.16. The van der Waals surface area contributed by atoms with Gasteiger partial charge in [0.2, 0.25) is 5.95 Å². The summed E-state index contributed by atoms with van der Waals surface area (Å²) in [5.41, 5.74) is 1.11. The van der Waals surface area contributed by atoms with E-state index in [-0.39, 0.29) is 0 Å². The zero-order valence-corrected chi connectivity index (χ0v) is 12.4. The average molecular weight is 279 g/mol. The fourth-order valence-electron chi connectivity index (χ4n) is 2.07. The molecule has 6 heteroatoms. The van der Waals surface area contributed by atoms with Gasteiger partial charge in [0.05, 0.1) is 13.2 Å². The van der Waals surface area contributed by atoms with Gasteiger partial charge in [0, 0.05) is 56.7 Å². The molecule has 2 heterocycles. The smallest absolute Gasteiger partial charge is 0.222 e. The van der Waals surface area contributed by atoms with Crippen molar-refractivity contribution >= 4 is 5.95 Å². The van der Waals surface area contributed by atoms with Gasteiger partial charge in [0.1, 0.15) is 0 Å². The molecule has 0 unspecified atom stereocenters. The molecule has 20 heavy (non-hydrogen) atoms. The van der Waals surface area contributed by atoms with Crippen molar-refractivity contribution in [1.82, 2.24) is 20.2 Å². The van der Waals surface area contributed by atoms with Gasteiger partial charge in [0.25, 0.3) is 0 Å². The second kappa shape index (κ2) is 8.14. The molecule has 1 aliphatic heterocycles. The van der Waals surface area contributed by atoms with Crippen molar-refractivity contribution in [3.63, 3.8) is 0 Å². The Labute approximate surface area is 120 Å². The summed E-state index contributed by atoms with van der Waals surface area (Å²) in [6.07, 6.45) is 3.75. The number of hydrogen-bond acceptors (Lipinski definition) is 6. The average Bonchev–Trinajstić information content (AvgIpc) is 2.46. The van der Waals surface area contributed by atoms with E-state index in [4.69, 9.17) is 4.74 Å². The second-order valence-electron chi connectivity index (χ2n) is 5.34. The quantitative estimate of drug-likeness (QED) is 0.717.